The Balaban J connectivity index is 1.45. The minimum absolute atomic E-state index is 0.318. The van der Waals surface area contributed by atoms with E-state index in [0.29, 0.717) is 11.2 Å². The number of likely N-dealkylation sites (N-methyl/N-ethyl adjacent to an activating group) is 1. The van der Waals surface area contributed by atoms with E-state index >= 15 is 0 Å². The van der Waals surface area contributed by atoms with Gasteiger partial charge in [-0.3, -0.25) is 9.88 Å². The van der Waals surface area contributed by atoms with Crippen molar-refractivity contribution in [3.63, 3.8) is 0 Å². The lowest BCUT2D eigenvalue weighted by molar-refractivity contribution is 0.0196. The molecule has 2 aromatic rings. The Bertz CT molecular complexity index is 839. The van der Waals surface area contributed by atoms with Crippen LogP contribution in [-0.4, -0.2) is 69.7 Å². The van der Waals surface area contributed by atoms with Crippen molar-refractivity contribution in [1.82, 2.24) is 19.8 Å². The molecule has 7 heteroatoms. The summed E-state index contributed by atoms with van der Waals surface area (Å²) in [6, 6.07) is 6.44. The molecule has 1 saturated carbocycles. The number of piperazine rings is 1. The number of pyridine rings is 2. The van der Waals surface area contributed by atoms with Crippen LogP contribution in [0.1, 0.15) is 38.2 Å². The van der Waals surface area contributed by atoms with Crippen molar-refractivity contribution in [2.75, 3.05) is 38.5 Å². The zero-order valence-corrected chi connectivity index (χ0v) is 18.7. The molecule has 0 spiro atoms. The third-order valence-electron chi connectivity index (χ3n) is 6.40. The van der Waals surface area contributed by atoms with Gasteiger partial charge in [0, 0.05) is 62.4 Å². The number of aliphatic hydroxyl groups is 1. The van der Waals surface area contributed by atoms with Crippen molar-refractivity contribution < 1.29 is 5.11 Å². The zero-order chi connectivity index (χ0) is 21.1. The molecule has 0 radical (unpaired) electrons. The molecule has 1 aliphatic carbocycles. The normalized spacial score (nSPS) is 25.9. The molecular formula is C23H32ClN5O. The molecule has 1 aliphatic heterocycles. The molecule has 1 saturated heterocycles. The number of nitrogens with one attached hydrogen (secondary N) is 1. The van der Waals surface area contributed by atoms with Gasteiger partial charge in [-0.25, -0.2) is 4.98 Å². The van der Waals surface area contributed by atoms with Crippen LogP contribution in [0.3, 0.4) is 0 Å². The lowest BCUT2D eigenvalue weighted by Gasteiger charge is -2.34. The summed E-state index contributed by atoms with van der Waals surface area (Å²) in [6.07, 6.45) is 7.25. The fourth-order valence-electron chi connectivity index (χ4n) is 4.30. The molecule has 30 heavy (non-hydrogen) atoms. The fourth-order valence-corrected chi connectivity index (χ4v) is 4.46. The summed E-state index contributed by atoms with van der Waals surface area (Å²) in [5.41, 5.74) is 3.50. The van der Waals surface area contributed by atoms with Crippen molar-refractivity contribution in [1.29, 1.82) is 0 Å². The van der Waals surface area contributed by atoms with Crippen LogP contribution in [0, 0.1) is 0 Å². The molecule has 2 fully saturated rings. The predicted octanol–water partition coefficient (Wildman–Crippen LogP) is 3.65. The van der Waals surface area contributed by atoms with Crippen molar-refractivity contribution in [3.8, 4) is 11.3 Å². The highest BCUT2D eigenvalue weighted by atomic mass is 35.5. The predicted molar refractivity (Wildman–Crippen MR) is 122 cm³/mol. The monoisotopic (exact) mass is 429 g/mol. The smallest absolute Gasteiger partial charge is 0.131 e. The maximum atomic E-state index is 10.2. The molecule has 3 heterocycles. The summed E-state index contributed by atoms with van der Waals surface area (Å²) in [7, 11) is 2.18. The van der Waals surface area contributed by atoms with Gasteiger partial charge >= 0.3 is 0 Å². The first-order valence-corrected chi connectivity index (χ1v) is 11.3. The largest absolute Gasteiger partial charge is 0.390 e. The van der Waals surface area contributed by atoms with Crippen LogP contribution in [-0.2, 0) is 6.54 Å². The highest BCUT2D eigenvalue weighted by molar-refractivity contribution is 6.29. The standard InChI is InChI=1S/C23H32ClN5O/c1-23(30)7-5-18(6-8-23)27-21-13-22(24)26-15-19(21)20-4-3-17(14-25-20)16-29-11-9-28(2)10-12-29/h3-4,13-15,18,30H,5-12,16H2,1-2H3,(H,26,27). The lowest BCUT2D eigenvalue weighted by Crippen LogP contribution is -2.43. The second-order valence-electron chi connectivity index (χ2n) is 9.10. The van der Waals surface area contributed by atoms with Crippen LogP contribution in [0.25, 0.3) is 11.3 Å². The quantitative estimate of drug-likeness (QED) is 0.707. The number of nitrogens with zero attached hydrogens (tertiary/aromatic N) is 4. The molecule has 4 rings (SSSR count). The summed E-state index contributed by atoms with van der Waals surface area (Å²) >= 11 is 6.19. The number of halogens is 1. The first-order chi connectivity index (χ1) is 14.4. The van der Waals surface area contributed by atoms with E-state index in [0.717, 1.165) is 75.4 Å². The van der Waals surface area contributed by atoms with E-state index in [9.17, 15) is 5.11 Å². The van der Waals surface area contributed by atoms with Crippen LogP contribution in [0.5, 0.6) is 0 Å². The van der Waals surface area contributed by atoms with Crippen molar-refractivity contribution >= 4 is 17.3 Å². The van der Waals surface area contributed by atoms with Gasteiger partial charge in [-0.05, 0) is 57.4 Å². The second-order valence-corrected chi connectivity index (χ2v) is 9.49. The Hall–Kier alpha value is -1.73. The van der Waals surface area contributed by atoms with Gasteiger partial charge in [0.15, 0.2) is 0 Å². The van der Waals surface area contributed by atoms with Crippen molar-refractivity contribution in [2.45, 2.75) is 50.8 Å². The van der Waals surface area contributed by atoms with Gasteiger partial charge in [0.25, 0.3) is 0 Å². The number of hydrogen-bond acceptors (Lipinski definition) is 6. The molecule has 2 aliphatic rings. The molecule has 162 valence electrons. The molecule has 2 N–H and O–H groups in total. The van der Waals surface area contributed by atoms with E-state index in [1.807, 2.05) is 19.2 Å². The summed E-state index contributed by atoms with van der Waals surface area (Å²) in [4.78, 5) is 13.9. The number of rotatable bonds is 5. The highest BCUT2D eigenvalue weighted by Gasteiger charge is 2.29. The second kappa shape index (κ2) is 9.18. The molecule has 0 atom stereocenters. The minimum atomic E-state index is -0.544. The van der Waals surface area contributed by atoms with Gasteiger partial charge in [0.2, 0.25) is 0 Å². The van der Waals surface area contributed by atoms with Gasteiger partial charge in [-0.1, -0.05) is 17.7 Å². The molecule has 0 aromatic carbocycles. The third kappa shape index (κ3) is 5.49. The molecule has 0 amide bonds. The molecule has 6 nitrogen and oxygen atoms in total. The fraction of sp³-hybridized carbons (Fsp3) is 0.565. The minimum Gasteiger partial charge on any atom is -0.390 e. The van der Waals surface area contributed by atoms with Crippen LogP contribution >= 0.6 is 11.6 Å². The van der Waals surface area contributed by atoms with Crippen LogP contribution in [0.2, 0.25) is 5.15 Å². The van der Waals surface area contributed by atoms with Gasteiger partial charge in [0.05, 0.1) is 11.3 Å². The molecule has 0 unspecified atom stereocenters. The molecule has 2 aromatic heterocycles. The first kappa shape index (κ1) is 21.5. The molecular weight excluding hydrogens is 398 g/mol. The number of anilines is 1. The maximum Gasteiger partial charge on any atom is 0.131 e. The molecule has 0 bridgehead atoms. The number of hydrogen-bond donors (Lipinski definition) is 2. The van der Waals surface area contributed by atoms with Crippen molar-refractivity contribution in [2.24, 2.45) is 0 Å². The Morgan fingerprint density at radius 2 is 1.87 bits per heavy atom. The summed E-state index contributed by atoms with van der Waals surface area (Å²) in [5, 5.41) is 14.3. The first-order valence-electron chi connectivity index (χ1n) is 10.9. The number of aromatic nitrogens is 2. The van der Waals surface area contributed by atoms with E-state index in [1.165, 1.54) is 5.56 Å². The summed E-state index contributed by atoms with van der Waals surface area (Å²) < 4.78 is 0. The Morgan fingerprint density at radius 1 is 1.13 bits per heavy atom. The van der Waals surface area contributed by atoms with Gasteiger partial charge in [-0.2, -0.15) is 0 Å². The SMILES string of the molecule is CN1CCN(Cc2ccc(-c3cnc(Cl)cc3NC3CCC(C)(O)CC3)nc2)CC1. The van der Waals surface area contributed by atoms with Crippen LogP contribution in [0.15, 0.2) is 30.6 Å². The van der Waals surface area contributed by atoms with Crippen LogP contribution < -0.4 is 5.32 Å². The van der Waals surface area contributed by atoms with E-state index in [1.54, 1.807) is 6.20 Å². The Kier molecular flexibility index (Phi) is 6.58. The lowest BCUT2D eigenvalue weighted by atomic mass is 9.83. The third-order valence-corrected chi connectivity index (χ3v) is 6.60. The Labute approximate surface area is 184 Å². The highest BCUT2D eigenvalue weighted by Crippen LogP contribution is 2.33. The average Bonchev–Trinajstić information content (AvgIpc) is 2.72. The zero-order valence-electron chi connectivity index (χ0n) is 17.9. The van der Waals surface area contributed by atoms with E-state index in [-0.39, 0.29) is 0 Å². The maximum absolute atomic E-state index is 10.2. The van der Waals surface area contributed by atoms with E-state index < -0.39 is 5.60 Å². The van der Waals surface area contributed by atoms with Crippen molar-refractivity contribution in [3.05, 3.63) is 41.3 Å². The average molecular weight is 430 g/mol. The summed E-state index contributed by atoms with van der Waals surface area (Å²) in [6.45, 7) is 7.29. The Morgan fingerprint density at radius 3 is 2.53 bits per heavy atom. The van der Waals surface area contributed by atoms with E-state index in [2.05, 4.69) is 39.3 Å². The summed E-state index contributed by atoms with van der Waals surface area (Å²) in [5.74, 6) is 0. The van der Waals surface area contributed by atoms with Gasteiger partial charge < -0.3 is 15.3 Å². The van der Waals surface area contributed by atoms with Gasteiger partial charge in [-0.15, -0.1) is 0 Å². The topological polar surface area (TPSA) is 64.5 Å². The van der Waals surface area contributed by atoms with Crippen LogP contribution in [0.4, 0.5) is 5.69 Å². The van der Waals surface area contributed by atoms with E-state index in [4.69, 9.17) is 16.6 Å². The van der Waals surface area contributed by atoms with Gasteiger partial charge in [0.1, 0.15) is 5.15 Å².